The van der Waals surface area contributed by atoms with Gasteiger partial charge in [-0.3, -0.25) is 0 Å². The van der Waals surface area contributed by atoms with Crippen molar-refractivity contribution in [2.45, 2.75) is 0 Å². The molecule has 0 aliphatic rings. The van der Waals surface area contributed by atoms with Gasteiger partial charge in [-0.2, -0.15) is 0 Å². The van der Waals surface area contributed by atoms with Crippen LogP contribution in [-0.4, -0.2) is 4.99 Å². The zero-order chi connectivity index (χ0) is 14.8. The number of ether oxygens (including phenoxy) is 1. The molecule has 3 rings (SSSR count). The van der Waals surface area contributed by atoms with E-state index < -0.39 is 0 Å². The Labute approximate surface area is 133 Å². The van der Waals surface area contributed by atoms with Gasteiger partial charge < -0.3 is 10.5 Å². The number of thiocarbonyl (C=S) groups is 1. The molecule has 0 aromatic heterocycles. The first-order valence-electron chi connectivity index (χ1n) is 6.39. The minimum atomic E-state index is 0.314. The predicted molar refractivity (Wildman–Crippen MR) is 91.4 cm³/mol. The second-order valence-electron chi connectivity index (χ2n) is 4.62. The van der Waals surface area contributed by atoms with Crippen LogP contribution >= 0.6 is 23.8 Å². The summed E-state index contributed by atoms with van der Waals surface area (Å²) in [6.07, 6.45) is 0. The summed E-state index contributed by atoms with van der Waals surface area (Å²) in [5, 5.41) is 2.76. The smallest absolute Gasteiger partial charge is 0.146 e. The van der Waals surface area contributed by atoms with Crippen LogP contribution in [0.4, 0.5) is 0 Å². The summed E-state index contributed by atoms with van der Waals surface area (Å²) in [6, 6.07) is 19.3. The Morgan fingerprint density at radius 2 is 1.71 bits per heavy atom. The maximum atomic E-state index is 6.20. The fourth-order valence-corrected chi connectivity index (χ4v) is 2.44. The molecule has 0 aliphatic heterocycles. The van der Waals surface area contributed by atoms with E-state index in [-0.39, 0.29) is 0 Å². The average molecular weight is 314 g/mol. The lowest BCUT2D eigenvalue weighted by Gasteiger charge is -2.09. The van der Waals surface area contributed by atoms with Crippen LogP contribution in [0.5, 0.6) is 11.5 Å². The fourth-order valence-electron chi connectivity index (χ4n) is 2.09. The largest absolute Gasteiger partial charge is 0.456 e. The maximum Gasteiger partial charge on any atom is 0.146 e. The molecule has 4 heteroatoms. The van der Waals surface area contributed by atoms with E-state index >= 15 is 0 Å². The number of halogens is 1. The number of rotatable bonds is 3. The predicted octanol–water partition coefficient (Wildman–Crippen LogP) is 4.92. The summed E-state index contributed by atoms with van der Waals surface area (Å²) < 4.78 is 5.84. The van der Waals surface area contributed by atoms with Crippen molar-refractivity contribution in [3.63, 3.8) is 0 Å². The molecular formula is C17H12ClNOS. The minimum absolute atomic E-state index is 0.314. The van der Waals surface area contributed by atoms with E-state index in [4.69, 9.17) is 34.3 Å². The van der Waals surface area contributed by atoms with Crippen molar-refractivity contribution in [3.05, 3.63) is 71.2 Å². The van der Waals surface area contributed by atoms with Crippen LogP contribution in [0.3, 0.4) is 0 Å². The summed E-state index contributed by atoms with van der Waals surface area (Å²) in [5.74, 6) is 1.31. The topological polar surface area (TPSA) is 35.2 Å². The van der Waals surface area contributed by atoms with E-state index in [0.29, 0.717) is 15.8 Å². The summed E-state index contributed by atoms with van der Waals surface area (Å²) in [4.78, 5) is 0.314. The SMILES string of the molecule is NC(=S)c1ccc(Oc2ccc3ccccc3c2)c(Cl)c1. The molecule has 104 valence electrons. The molecule has 0 aliphatic carbocycles. The number of hydrogen-bond donors (Lipinski definition) is 1. The molecule has 0 spiro atoms. The fraction of sp³-hybridized carbons (Fsp3) is 0. The standard InChI is InChI=1S/C17H12ClNOS/c18-15-10-13(17(19)21)6-8-16(15)20-14-7-5-11-3-1-2-4-12(11)9-14/h1-10H,(H2,19,21). The molecule has 0 heterocycles. The third-order valence-corrected chi connectivity index (χ3v) is 3.70. The van der Waals surface area contributed by atoms with Gasteiger partial charge in [0.25, 0.3) is 0 Å². The number of benzene rings is 3. The van der Waals surface area contributed by atoms with Crippen LogP contribution in [0.2, 0.25) is 5.02 Å². The zero-order valence-corrected chi connectivity index (χ0v) is 12.6. The highest BCUT2D eigenvalue weighted by molar-refractivity contribution is 7.80. The van der Waals surface area contributed by atoms with Crippen LogP contribution in [0, 0.1) is 0 Å². The molecule has 0 bridgehead atoms. The summed E-state index contributed by atoms with van der Waals surface area (Å²) >= 11 is 11.1. The Bertz CT molecular complexity index is 832. The van der Waals surface area contributed by atoms with E-state index in [9.17, 15) is 0 Å². The molecule has 0 fully saturated rings. The van der Waals surface area contributed by atoms with Gasteiger partial charge in [-0.05, 0) is 41.1 Å². The lowest BCUT2D eigenvalue weighted by molar-refractivity contribution is 0.483. The number of nitrogens with two attached hydrogens (primary N) is 1. The quantitative estimate of drug-likeness (QED) is 0.697. The van der Waals surface area contributed by atoms with Gasteiger partial charge in [0.05, 0.1) is 5.02 Å². The molecule has 0 unspecified atom stereocenters. The molecule has 2 N–H and O–H groups in total. The first-order chi connectivity index (χ1) is 10.1. The Balaban J connectivity index is 1.93. The third kappa shape index (κ3) is 2.99. The van der Waals surface area contributed by atoms with E-state index in [0.717, 1.165) is 16.7 Å². The van der Waals surface area contributed by atoms with E-state index in [1.807, 2.05) is 36.4 Å². The van der Waals surface area contributed by atoms with Crippen LogP contribution in [-0.2, 0) is 0 Å². The highest BCUT2D eigenvalue weighted by Crippen LogP contribution is 2.31. The maximum absolute atomic E-state index is 6.20. The molecule has 3 aromatic rings. The Morgan fingerprint density at radius 3 is 2.43 bits per heavy atom. The van der Waals surface area contributed by atoms with E-state index in [1.54, 1.807) is 18.2 Å². The van der Waals surface area contributed by atoms with E-state index in [1.165, 1.54) is 5.39 Å². The van der Waals surface area contributed by atoms with Gasteiger partial charge in [-0.1, -0.05) is 54.2 Å². The number of hydrogen-bond acceptors (Lipinski definition) is 2. The molecule has 0 atom stereocenters. The van der Waals surface area contributed by atoms with Crippen LogP contribution in [0.25, 0.3) is 10.8 Å². The second-order valence-corrected chi connectivity index (χ2v) is 5.47. The van der Waals surface area contributed by atoms with Crippen LogP contribution < -0.4 is 10.5 Å². The van der Waals surface area contributed by atoms with Crippen molar-refractivity contribution in [1.82, 2.24) is 0 Å². The van der Waals surface area contributed by atoms with Crippen molar-refractivity contribution in [2.75, 3.05) is 0 Å². The van der Waals surface area contributed by atoms with Crippen molar-refractivity contribution >= 4 is 39.6 Å². The summed E-state index contributed by atoms with van der Waals surface area (Å²) in [6.45, 7) is 0. The van der Waals surface area contributed by atoms with Crippen molar-refractivity contribution < 1.29 is 4.74 Å². The molecular weight excluding hydrogens is 302 g/mol. The van der Waals surface area contributed by atoms with Gasteiger partial charge in [0.1, 0.15) is 16.5 Å². The van der Waals surface area contributed by atoms with E-state index in [2.05, 4.69) is 6.07 Å². The summed E-state index contributed by atoms with van der Waals surface area (Å²) in [7, 11) is 0. The van der Waals surface area contributed by atoms with Gasteiger partial charge in [-0.15, -0.1) is 0 Å². The Hall–Kier alpha value is -2.10. The number of fused-ring (bicyclic) bond motifs is 1. The molecule has 21 heavy (non-hydrogen) atoms. The first kappa shape index (κ1) is 13.9. The Morgan fingerprint density at radius 1 is 0.952 bits per heavy atom. The van der Waals surface area contributed by atoms with Crippen molar-refractivity contribution in [3.8, 4) is 11.5 Å². The van der Waals surface area contributed by atoms with Gasteiger partial charge in [0.15, 0.2) is 0 Å². The molecule has 0 radical (unpaired) electrons. The van der Waals surface area contributed by atoms with Gasteiger partial charge >= 0.3 is 0 Å². The lowest BCUT2D eigenvalue weighted by atomic mass is 10.1. The normalized spacial score (nSPS) is 10.5. The highest BCUT2D eigenvalue weighted by atomic mass is 35.5. The molecule has 3 aromatic carbocycles. The first-order valence-corrected chi connectivity index (χ1v) is 7.18. The average Bonchev–Trinajstić information content (AvgIpc) is 2.49. The van der Waals surface area contributed by atoms with Crippen LogP contribution in [0.1, 0.15) is 5.56 Å². The monoisotopic (exact) mass is 313 g/mol. The Kier molecular flexibility index (Phi) is 3.78. The van der Waals surface area contributed by atoms with Gasteiger partial charge in [0, 0.05) is 5.56 Å². The lowest BCUT2D eigenvalue weighted by Crippen LogP contribution is -2.08. The second kappa shape index (κ2) is 5.72. The van der Waals surface area contributed by atoms with Crippen molar-refractivity contribution in [2.24, 2.45) is 5.73 Å². The van der Waals surface area contributed by atoms with Gasteiger partial charge in [0.2, 0.25) is 0 Å². The molecule has 0 saturated carbocycles. The highest BCUT2D eigenvalue weighted by Gasteiger charge is 2.06. The molecule has 2 nitrogen and oxygen atoms in total. The van der Waals surface area contributed by atoms with Crippen molar-refractivity contribution in [1.29, 1.82) is 0 Å². The zero-order valence-electron chi connectivity index (χ0n) is 11.0. The summed E-state index contributed by atoms with van der Waals surface area (Å²) in [5.41, 5.74) is 6.30. The molecule has 0 saturated heterocycles. The molecule has 0 amide bonds. The van der Waals surface area contributed by atoms with Gasteiger partial charge in [-0.25, -0.2) is 0 Å². The minimum Gasteiger partial charge on any atom is -0.456 e. The van der Waals surface area contributed by atoms with Crippen LogP contribution in [0.15, 0.2) is 60.7 Å². The third-order valence-electron chi connectivity index (χ3n) is 3.17.